The summed E-state index contributed by atoms with van der Waals surface area (Å²) >= 11 is 3.10. The maximum absolute atomic E-state index is 11.8. The second kappa shape index (κ2) is 5.83. The number of halogens is 1. The molecule has 0 bridgehead atoms. The minimum atomic E-state index is -1.40. The molecule has 0 aliphatic carbocycles. The van der Waals surface area contributed by atoms with Crippen LogP contribution in [-0.2, 0) is 4.79 Å². The van der Waals surface area contributed by atoms with E-state index in [2.05, 4.69) is 21.2 Å². The number of phenolic OH excluding ortho intramolecular Hbond substituents is 1. The summed E-state index contributed by atoms with van der Waals surface area (Å²) in [7, 11) is 0. The minimum absolute atomic E-state index is 0.0915. The maximum Gasteiger partial charge on any atom is 0.328 e. The number of carbonyl (C=O) groups is 2. The Morgan fingerprint density at radius 2 is 1.94 bits per heavy atom. The molecule has 0 unspecified atom stereocenters. The number of carboxylic acid groups (broad SMARTS) is 1. The van der Waals surface area contributed by atoms with Crippen LogP contribution in [0.5, 0.6) is 5.75 Å². The Balaban J connectivity index is 2.90. The van der Waals surface area contributed by atoms with Gasteiger partial charge in [-0.05, 0) is 25.1 Å². The van der Waals surface area contributed by atoms with Crippen molar-refractivity contribution in [1.82, 2.24) is 5.32 Å². The average Bonchev–Trinajstić information content (AvgIpc) is 2.23. The van der Waals surface area contributed by atoms with Gasteiger partial charge in [-0.3, -0.25) is 4.79 Å². The van der Waals surface area contributed by atoms with E-state index in [-0.39, 0.29) is 11.3 Å². The average molecular weight is 318 g/mol. The summed E-state index contributed by atoms with van der Waals surface area (Å²) < 4.78 is 0.483. The number of hydrogen-bond donors (Lipinski definition) is 4. The van der Waals surface area contributed by atoms with Crippen molar-refractivity contribution in [3.05, 3.63) is 28.2 Å². The second-order valence-corrected chi connectivity index (χ2v) is 4.64. The number of phenols is 1. The summed E-state index contributed by atoms with van der Waals surface area (Å²) in [5.41, 5.74) is 0.0915. The van der Waals surface area contributed by atoms with E-state index < -0.39 is 24.0 Å². The topological polar surface area (TPSA) is 107 Å². The standard InChI is InChI=1S/C11H12BrNO5/c1-5(14)9(11(17)18)13-10(16)6-2-7(12)4-8(15)3-6/h2-5,9,14-15H,1H3,(H,13,16)(H,17,18)/t5-,9+/m1/s1. The normalized spacial score (nSPS) is 13.7. The van der Waals surface area contributed by atoms with Crippen LogP contribution in [0.25, 0.3) is 0 Å². The third-order valence-corrected chi connectivity index (χ3v) is 2.64. The molecule has 1 aromatic rings. The molecule has 4 N–H and O–H groups in total. The number of carbonyl (C=O) groups excluding carboxylic acids is 1. The number of aromatic hydroxyl groups is 1. The number of carboxylic acids is 1. The highest BCUT2D eigenvalue weighted by Crippen LogP contribution is 2.20. The number of benzene rings is 1. The summed E-state index contributed by atoms with van der Waals surface area (Å²) in [5, 5.41) is 29.5. The molecule has 0 radical (unpaired) electrons. The van der Waals surface area contributed by atoms with E-state index in [1.54, 1.807) is 0 Å². The van der Waals surface area contributed by atoms with E-state index >= 15 is 0 Å². The third-order valence-electron chi connectivity index (χ3n) is 2.18. The first-order chi connectivity index (χ1) is 8.31. The van der Waals surface area contributed by atoms with Crippen molar-refractivity contribution >= 4 is 27.8 Å². The highest BCUT2D eigenvalue weighted by atomic mass is 79.9. The number of aliphatic hydroxyl groups is 1. The number of rotatable bonds is 4. The fourth-order valence-corrected chi connectivity index (χ4v) is 1.80. The lowest BCUT2D eigenvalue weighted by atomic mass is 10.1. The van der Waals surface area contributed by atoms with Crippen molar-refractivity contribution in [2.75, 3.05) is 0 Å². The van der Waals surface area contributed by atoms with E-state index in [0.717, 1.165) is 0 Å². The van der Waals surface area contributed by atoms with Crippen molar-refractivity contribution in [2.45, 2.75) is 19.1 Å². The van der Waals surface area contributed by atoms with Crippen LogP contribution in [-0.4, -0.2) is 39.3 Å². The maximum atomic E-state index is 11.8. The summed E-state index contributed by atoms with van der Waals surface area (Å²) in [6.07, 6.45) is -1.23. The van der Waals surface area contributed by atoms with Gasteiger partial charge in [0.15, 0.2) is 6.04 Å². The number of nitrogens with one attached hydrogen (secondary N) is 1. The van der Waals surface area contributed by atoms with E-state index in [9.17, 15) is 19.8 Å². The predicted molar refractivity (Wildman–Crippen MR) is 66.4 cm³/mol. The Morgan fingerprint density at radius 1 is 1.33 bits per heavy atom. The monoisotopic (exact) mass is 317 g/mol. The zero-order valence-corrected chi connectivity index (χ0v) is 11.0. The first-order valence-corrected chi connectivity index (χ1v) is 5.82. The Morgan fingerprint density at radius 3 is 2.39 bits per heavy atom. The van der Waals surface area contributed by atoms with Crippen LogP contribution in [0, 0.1) is 0 Å². The number of aliphatic carboxylic acids is 1. The van der Waals surface area contributed by atoms with Gasteiger partial charge in [0.2, 0.25) is 0 Å². The first-order valence-electron chi connectivity index (χ1n) is 5.02. The van der Waals surface area contributed by atoms with Crippen LogP contribution in [0.4, 0.5) is 0 Å². The smallest absolute Gasteiger partial charge is 0.328 e. The van der Waals surface area contributed by atoms with Crippen LogP contribution in [0.15, 0.2) is 22.7 Å². The van der Waals surface area contributed by atoms with E-state index in [4.69, 9.17) is 5.11 Å². The fourth-order valence-electron chi connectivity index (χ4n) is 1.32. The Kier molecular flexibility index (Phi) is 4.69. The number of amides is 1. The van der Waals surface area contributed by atoms with Crippen molar-refractivity contribution in [2.24, 2.45) is 0 Å². The van der Waals surface area contributed by atoms with Gasteiger partial charge in [-0.1, -0.05) is 15.9 Å². The molecule has 18 heavy (non-hydrogen) atoms. The predicted octanol–water partition coefficient (Wildman–Crippen LogP) is 0.718. The van der Waals surface area contributed by atoms with E-state index in [1.165, 1.54) is 25.1 Å². The van der Waals surface area contributed by atoms with Gasteiger partial charge in [0.25, 0.3) is 5.91 Å². The molecule has 1 rings (SSSR count). The highest BCUT2D eigenvalue weighted by Gasteiger charge is 2.25. The Hall–Kier alpha value is -1.60. The number of aliphatic hydroxyl groups excluding tert-OH is 1. The molecule has 0 saturated heterocycles. The Bertz CT molecular complexity index is 454. The van der Waals surface area contributed by atoms with Gasteiger partial charge in [0.05, 0.1) is 6.10 Å². The van der Waals surface area contributed by atoms with Crippen LogP contribution in [0.1, 0.15) is 17.3 Å². The summed E-state index contributed by atoms with van der Waals surface area (Å²) in [6.45, 7) is 1.26. The quantitative estimate of drug-likeness (QED) is 0.654. The molecule has 0 aliphatic rings. The summed E-state index contributed by atoms with van der Waals surface area (Å²) in [6, 6.07) is 2.61. The molecule has 0 spiro atoms. The van der Waals surface area contributed by atoms with Crippen molar-refractivity contribution in [3.8, 4) is 5.75 Å². The lowest BCUT2D eigenvalue weighted by Crippen LogP contribution is -2.47. The molecule has 1 aromatic carbocycles. The Labute approximate surface area is 111 Å². The molecule has 0 fully saturated rings. The fraction of sp³-hybridized carbons (Fsp3) is 0.273. The summed E-state index contributed by atoms with van der Waals surface area (Å²) in [4.78, 5) is 22.6. The largest absolute Gasteiger partial charge is 0.508 e. The van der Waals surface area contributed by atoms with Crippen LogP contribution < -0.4 is 5.32 Å². The molecule has 0 heterocycles. The van der Waals surface area contributed by atoms with Crippen molar-refractivity contribution in [3.63, 3.8) is 0 Å². The van der Waals surface area contributed by atoms with E-state index in [1.807, 2.05) is 0 Å². The molecule has 98 valence electrons. The first kappa shape index (κ1) is 14.5. The molecular weight excluding hydrogens is 306 g/mol. The van der Waals surface area contributed by atoms with Gasteiger partial charge >= 0.3 is 5.97 Å². The summed E-state index contributed by atoms with van der Waals surface area (Å²) in [5.74, 6) is -2.16. The van der Waals surface area contributed by atoms with Crippen LogP contribution in [0.3, 0.4) is 0 Å². The van der Waals surface area contributed by atoms with Gasteiger partial charge in [-0.25, -0.2) is 4.79 Å². The van der Waals surface area contributed by atoms with E-state index in [0.29, 0.717) is 4.47 Å². The molecular formula is C11H12BrNO5. The zero-order valence-electron chi connectivity index (χ0n) is 9.42. The van der Waals surface area contributed by atoms with Gasteiger partial charge in [0.1, 0.15) is 5.75 Å². The van der Waals surface area contributed by atoms with Gasteiger partial charge in [-0.2, -0.15) is 0 Å². The van der Waals surface area contributed by atoms with Gasteiger partial charge in [-0.15, -0.1) is 0 Å². The molecule has 0 aromatic heterocycles. The second-order valence-electron chi connectivity index (χ2n) is 3.73. The lowest BCUT2D eigenvalue weighted by molar-refractivity contribution is -0.141. The van der Waals surface area contributed by atoms with Gasteiger partial charge < -0.3 is 20.6 Å². The van der Waals surface area contributed by atoms with Crippen LogP contribution >= 0.6 is 15.9 Å². The third kappa shape index (κ3) is 3.71. The van der Waals surface area contributed by atoms with Crippen LogP contribution in [0.2, 0.25) is 0 Å². The van der Waals surface area contributed by atoms with Crippen molar-refractivity contribution in [1.29, 1.82) is 0 Å². The zero-order chi connectivity index (χ0) is 13.9. The highest BCUT2D eigenvalue weighted by molar-refractivity contribution is 9.10. The molecule has 0 aliphatic heterocycles. The molecule has 7 heteroatoms. The minimum Gasteiger partial charge on any atom is -0.508 e. The molecule has 0 saturated carbocycles. The lowest BCUT2D eigenvalue weighted by Gasteiger charge is -2.17. The number of hydrogen-bond acceptors (Lipinski definition) is 4. The molecule has 1 amide bonds. The molecule has 2 atom stereocenters. The van der Waals surface area contributed by atoms with Crippen molar-refractivity contribution < 1.29 is 24.9 Å². The van der Waals surface area contributed by atoms with Gasteiger partial charge in [0, 0.05) is 10.0 Å². The molecule has 6 nitrogen and oxygen atoms in total. The SMILES string of the molecule is C[C@@H](O)[C@H](NC(=O)c1cc(O)cc(Br)c1)C(=O)O.